The summed E-state index contributed by atoms with van der Waals surface area (Å²) in [7, 11) is -6.93. The van der Waals surface area contributed by atoms with E-state index in [2.05, 4.69) is 51.8 Å². The molecular weight excluding hydrogens is 1740 g/mol. The lowest BCUT2D eigenvalue weighted by atomic mass is 9.92. The fraction of sp³-hybridized carbons (Fsp3) is 0.366. The molecule has 0 radical (unpaired) electrons. The molecule has 4 amide bonds. The van der Waals surface area contributed by atoms with Crippen LogP contribution in [-0.2, 0) is 87.8 Å². The molecule has 2 aromatic heterocycles. The van der Waals surface area contributed by atoms with Crippen molar-refractivity contribution in [3.63, 3.8) is 0 Å². The highest BCUT2D eigenvalue weighted by Crippen LogP contribution is 2.39. The second-order valence-corrected chi connectivity index (χ2v) is 40.3. The molecule has 28 nitrogen and oxygen atoms in total. The number of ketones is 4. The maximum atomic E-state index is 14.6. The van der Waals surface area contributed by atoms with Crippen LogP contribution >= 0.6 is 0 Å². The zero-order valence-corrected chi connectivity index (χ0v) is 77.6. The number of aromatic nitrogens is 4. The Hall–Kier alpha value is -13.4. The quantitative estimate of drug-likeness (QED) is 0.0119. The van der Waals surface area contributed by atoms with Crippen LogP contribution in [0.2, 0.25) is 0 Å². The van der Waals surface area contributed by atoms with Gasteiger partial charge in [0.2, 0.25) is 23.7 Å². The summed E-state index contributed by atoms with van der Waals surface area (Å²) in [6, 6.07) is 46.8. The molecule has 698 valence electrons. The minimum Gasteiger partial charge on any atom is -0.494 e. The van der Waals surface area contributed by atoms with Crippen LogP contribution in [0.3, 0.4) is 0 Å². The Labute approximate surface area is 773 Å². The van der Waals surface area contributed by atoms with Gasteiger partial charge in [0.25, 0.3) is 11.8 Å². The van der Waals surface area contributed by atoms with E-state index >= 15 is 0 Å². The molecule has 2 fully saturated rings. The van der Waals surface area contributed by atoms with Gasteiger partial charge in [0, 0.05) is 108 Å². The van der Waals surface area contributed by atoms with Gasteiger partial charge in [-0.1, -0.05) is 102 Å². The number of halogens is 2. The molecule has 6 N–H and O–H groups in total. The van der Waals surface area contributed by atoms with E-state index in [4.69, 9.17) is 18.9 Å². The Bertz CT molecular complexity index is 6170. The highest BCUT2D eigenvalue weighted by molar-refractivity contribution is 7.91. The standard InChI is InChI=1S/C51H57FN6O8S.C50H55FN6O8S/c1-33-28-54-50(57-48(33)55-38-10-8-12-41(26-38)67(63,64)32-51(2,3)4)56-37-19-21-40(22-20-37)65-23-7-5-6-14-47(61)53-29-34-15-17-35(18-16-34)31-66-46-25-36(52)24-42-43(46)30-58(49(42)62)44-13-9-11-39(59)27-45(44)60;1-32-27-53-49(56-47(32)54-37-9-8-10-40(25-37)66(62,63)31-50(2,3)4)55-36-16-19-39(20-17-36)64-22-7-5-6-11-46(60)52-28-33-12-14-34(15-13-33)30-65-45-24-35(51)23-41-42(45)29-57(48(41)61)43-21-18-38(58)26-44(43)59/h8,10,12,15-22,24-26,28,44H,5-7,9,11,13-14,23,27,29-32H2,1-4H3,(H,53,61)(H2,54,55,56,57);8-10,12-17,19-20,23-25,27,43H,5-7,11,18,21-22,26,28-31H2,1-4H3,(H,52,60)(H2,53,54,55,56)/t44-;43-/m00/s1. The Morgan fingerprint density at radius 2 is 0.850 bits per heavy atom. The van der Waals surface area contributed by atoms with Gasteiger partial charge in [0.05, 0.1) is 83.7 Å². The lowest BCUT2D eigenvalue weighted by Crippen LogP contribution is -2.44. The number of ether oxygens (including phenoxy) is 4. The average Bonchev–Trinajstić information content (AvgIpc) is 1.62. The van der Waals surface area contributed by atoms with Gasteiger partial charge in [-0.05, 0) is 202 Å². The summed E-state index contributed by atoms with van der Waals surface area (Å²) in [6.07, 6.45) is 10.1. The predicted molar refractivity (Wildman–Crippen MR) is 501 cm³/mol. The lowest BCUT2D eigenvalue weighted by Gasteiger charge is -2.29. The topological polar surface area (TPSA) is 372 Å². The Kier molecular flexibility index (Phi) is 32.0. The van der Waals surface area contributed by atoms with Crippen molar-refractivity contribution in [1.29, 1.82) is 0 Å². The first-order chi connectivity index (χ1) is 63.5. The molecule has 32 heteroatoms. The van der Waals surface area contributed by atoms with Crippen LogP contribution in [0, 0.1) is 36.3 Å². The summed E-state index contributed by atoms with van der Waals surface area (Å²) in [5, 5.41) is 18.8. The predicted octanol–water partition coefficient (Wildman–Crippen LogP) is 17.8. The molecule has 4 aliphatic rings. The van der Waals surface area contributed by atoms with Crippen LogP contribution in [0.25, 0.3) is 0 Å². The molecule has 133 heavy (non-hydrogen) atoms. The summed E-state index contributed by atoms with van der Waals surface area (Å²) in [6.45, 7) is 17.3. The number of benzene rings is 8. The first kappa shape index (κ1) is 97.2. The van der Waals surface area contributed by atoms with Crippen LogP contribution < -0.4 is 50.8 Å². The normalized spacial score (nSPS) is 15.1. The molecule has 0 spiro atoms. The molecule has 2 atom stereocenters. The third-order valence-corrected chi connectivity index (χ3v) is 27.1. The second kappa shape index (κ2) is 43.8. The van der Waals surface area contributed by atoms with Gasteiger partial charge in [-0.15, -0.1) is 0 Å². The van der Waals surface area contributed by atoms with Crippen molar-refractivity contribution in [2.75, 3.05) is 46.0 Å². The van der Waals surface area contributed by atoms with E-state index in [1.54, 1.807) is 60.9 Å². The van der Waals surface area contributed by atoms with Crippen molar-refractivity contribution in [2.24, 2.45) is 10.8 Å². The molecule has 2 saturated carbocycles. The van der Waals surface area contributed by atoms with Crippen LogP contribution in [0.4, 0.5) is 55.1 Å². The fourth-order valence-corrected chi connectivity index (χ4v) is 19.7. The number of amides is 4. The first-order valence-electron chi connectivity index (χ1n) is 44.7. The zero-order chi connectivity index (χ0) is 94.7. The van der Waals surface area contributed by atoms with E-state index in [0.717, 1.165) is 76.5 Å². The van der Waals surface area contributed by atoms with E-state index in [-0.39, 0.29) is 142 Å². The van der Waals surface area contributed by atoms with Gasteiger partial charge in [0.15, 0.2) is 31.2 Å². The van der Waals surface area contributed by atoms with E-state index in [0.29, 0.717) is 129 Å². The number of carbonyl (C=O) groups is 8. The summed E-state index contributed by atoms with van der Waals surface area (Å²) in [5.41, 5.74) is 8.39. The smallest absolute Gasteiger partial charge is 0.255 e. The van der Waals surface area contributed by atoms with Gasteiger partial charge >= 0.3 is 0 Å². The second-order valence-electron chi connectivity index (χ2n) is 36.3. The molecule has 4 heterocycles. The number of anilines is 8. The van der Waals surface area contributed by atoms with E-state index in [9.17, 15) is 64.0 Å². The number of unbranched alkanes of at least 4 members (excludes halogenated alkanes) is 4. The molecule has 0 unspecified atom stereocenters. The Balaban J connectivity index is 0.000000226. The molecule has 8 aromatic carbocycles. The van der Waals surface area contributed by atoms with Crippen molar-refractivity contribution >= 4 is 113 Å². The molecule has 0 saturated heterocycles. The number of nitrogens with one attached hydrogen (secondary N) is 6. The van der Waals surface area contributed by atoms with Crippen LogP contribution in [-0.4, -0.2) is 130 Å². The SMILES string of the molecule is Cc1cnc(Nc2ccc(OCCCCCC(=O)NCc3ccc(COc4cc(F)cc5c4CN([C@H]4CCC(=O)CC4=O)C5=O)cc3)cc2)nc1Nc1cccc(S(=O)(=O)CC(C)(C)C)c1.Cc1cnc(Nc2ccc(OCCCCCC(=O)NCc3ccc(COc4cc(F)cc5c4CN([C@H]4CCCC(=O)CC4=O)C5=O)cc3)cc2)nc1Nc1cccc(S(=O)(=O)CC(C)(C)C)c1. The van der Waals surface area contributed by atoms with Crippen molar-refractivity contribution in [1.82, 2.24) is 40.4 Å². The largest absolute Gasteiger partial charge is 0.494 e. The molecule has 2 aliphatic heterocycles. The summed E-state index contributed by atoms with van der Waals surface area (Å²) >= 11 is 0. The monoisotopic (exact) mass is 1850 g/mol. The van der Waals surface area contributed by atoms with E-state index in [1.165, 1.54) is 28.0 Å². The van der Waals surface area contributed by atoms with Crippen molar-refractivity contribution in [3.05, 3.63) is 250 Å². The van der Waals surface area contributed by atoms with Gasteiger partial charge < -0.3 is 60.6 Å². The lowest BCUT2D eigenvalue weighted by molar-refractivity contribution is -0.133. The van der Waals surface area contributed by atoms with Gasteiger partial charge in [-0.2, -0.15) is 9.97 Å². The number of hydrogen-bond acceptors (Lipinski definition) is 24. The zero-order valence-electron chi connectivity index (χ0n) is 75.9. The number of sulfone groups is 2. The van der Waals surface area contributed by atoms with Gasteiger partial charge in [0.1, 0.15) is 71.0 Å². The van der Waals surface area contributed by atoms with E-state index in [1.807, 2.05) is 152 Å². The summed E-state index contributed by atoms with van der Waals surface area (Å²) in [5.74, 6) is 0.769. The number of rotatable bonds is 38. The third kappa shape index (κ3) is 27.6. The minimum absolute atomic E-state index is 0.0363. The molecule has 2 aliphatic carbocycles. The number of carbonyl (C=O) groups excluding carboxylic acids is 8. The van der Waals surface area contributed by atoms with Crippen LogP contribution in [0.5, 0.6) is 23.0 Å². The van der Waals surface area contributed by atoms with Gasteiger partial charge in [-0.25, -0.2) is 35.6 Å². The van der Waals surface area contributed by atoms with Crippen molar-refractivity contribution in [3.8, 4) is 23.0 Å². The van der Waals surface area contributed by atoms with E-state index < -0.39 is 55.2 Å². The fourth-order valence-electron chi connectivity index (χ4n) is 15.9. The van der Waals surface area contributed by atoms with Crippen LogP contribution in [0.1, 0.15) is 203 Å². The van der Waals surface area contributed by atoms with Crippen LogP contribution in [0.15, 0.2) is 192 Å². The molecule has 10 aromatic rings. The maximum Gasteiger partial charge on any atom is 0.255 e. The minimum atomic E-state index is -3.47. The van der Waals surface area contributed by atoms with Gasteiger partial charge in [-0.3, -0.25) is 38.4 Å². The Morgan fingerprint density at radius 3 is 1.26 bits per heavy atom. The number of Topliss-reactive ketones (excluding diaryl/α,β-unsaturated/α-hetero) is 4. The number of hydrogen-bond donors (Lipinski definition) is 6. The van der Waals surface area contributed by atoms with Crippen molar-refractivity contribution in [2.45, 2.75) is 213 Å². The maximum absolute atomic E-state index is 14.6. The third-order valence-electron chi connectivity index (χ3n) is 22.6. The number of fused-ring (bicyclic) bond motifs is 2. The van der Waals surface area contributed by atoms with Crippen molar-refractivity contribution < 1.29 is 82.9 Å². The number of aryl methyl sites for hydroxylation is 2. The molecule has 14 rings (SSSR count). The highest BCUT2D eigenvalue weighted by atomic mass is 32.2. The Morgan fingerprint density at radius 1 is 0.451 bits per heavy atom. The highest BCUT2D eigenvalue weighted by Gasteiger charge is 2.42. The summed E-state index contributed by atoms with van der Waals surface area (Å²) < 4.78 is 105. The summed E-state index contributed by atoms with van der Waals surface area (Å²) in [4.78, 5) is 122. The molecule has 0 bridgehead atoms. The number of nitrogens with zero attached hydrogens (tertiary/aromatic N) is 6. The first-order valence-corrected chi connectivity index (χ1v) is 48.0. The molecular formula is C101H112F2N12O16S2. The average molecular weight is 1850 g/mol.